The van der Waals surface area contributed by atoms with E-state index in [1.54, 1.807) is 26.2 Å². The number of nitrogen functional groups attached to an aromatic ring is 1. The van der Waals surface area contributed by atoms with Crippen molar-refractivity contribution in [3.8, 4) is 5.75 Å². The monoisotopic (exact) mass is 285 g/mol. The van der Waals surface area contributed by atoms with Crippen LogP contribution < -0.4 is 15.8 Å². The van der Waals surface area contributed by atoms with Crippen molar-refractivity contribution < 1.29 is 9.53 Å². The Morgan fingerprint density at radius 3 is 2.52 bits per heavy atom. The number of anilines is 1. The van der Waals surface area contributed by atoms with E-state index in [4.69, 9.17) is 10.5 Å². The molecule has 0 aliphatic carbocycles. The Morgan fingerprint density at radius 1 is 1.29 bits per heavy atom. The van der Waals surface area contributed by atoms with Gasteiger partial charge in [0.1, 0.15) is 11.6 Å². The highest BCUT2D eigenvalue weighted by atomic mass is 16.5. The van der Waals surface area contributed by atoms with Crippen molar-refractivity contribution in [2.75, 3.05) is 12.8 Å². The number of ether oxygens (including phenoxy) is 1. The predicted molar refractivity (Wildman–Crippen MR) is 82.3 cm³/mol. The van der Waals surface area contributed by atoms with Gasteiger partial charge >= 0.3 is 0 Å². The molecular formula is C16H19N3O2. The van der Waals surface area contributed by atoms with E-state index < -0.39 is 0 Å². The number of pyridine rings is 1. The van der Waals surface area contributed by atoms with Crippen LogP contribution in [-0.2, 0) is 0 Å². The van der Waals surface area contributed by atoms with Crippen molar-refractivity contribution in [2.24, 2.45) is 0 Å². The minimum atomic E-state index is -0.171. The Bertz CT molecular complexity index is 618. The molecule has 0 bridgehead atoms. The number of nitrogens with one attached hydrogen (secondary N) is 1. The van der Waals surface area contributed by atoms with Crippen molar-refractivity contribution in [2.45, 2.75) is 19.9 Å². The largest absolute Gasteiger partial charge is 0.497 e. The van der Waals surface area contributed by atoms with E-state index in [0.29, 0.717) is 11.4 Å². The van der Waals surface area contributed by atoms with Crippen LogP contribution in [0.15, 0.2) is 36.4 Å². The zero-order chi connectivity index (χ0) is 15.4. The summed E-state index contributed by atoms with van der Waals surface area (Å²) >= 11 is 0. The Kier molecular flexibility index (Phi) is 4.42. The summed E-state index contributed by atoms with van der Waals surface area (Å²) in [7, 11) is 1.62. The third-order valence-electron chi connectivity index (χ3n) is 3.20. The van der Waals surface area contributed by atoms with Gasteiger partial charge in [0.25, 0.3) is 5.91 Å². The van der Waals surface area contributed by atoms with Crippen molar-refractivity contribution in [3.63, 3.8) is 0 Å². The van der Waals surface area contributed by atoms with Gasteiger partial charge in [-0.1, -0.05) is 12.1 Å². The molecule has 0 fully saturated rings. The van der Waals surface area contributed by atoms with Crippen molar-refractivity contribution in [3.05, 3.63) is 53.2 Å². The number of hydrogen-bond donors (Lipinski definition) is 2. The van der Waals surface area contributed by atoms with Crippen LogP contribution >= 0.6 is 0 Å². The molecule has 0 saturated heterocycles. The third-order valence-corrected chi connectivity index (χ3v) is 3.20. The molecule has 1 atom stereocenters. The minimum Gasteiger partial charge on any atom is -0.497 e. The van der Waals surface area contributed by atoms with Crippen molar-refractivity contribution in [1.29, 1.82) is 0 Å². The molecule has 0 saturated carbocycles. The van der Waals surface area contributed by atoms with E-state index >= 15 is 0 Å². The van der Waals surface area contributed by atoms with Crippen LogP contribution in [0.3, 0.4) is 0 Å². The molecule has 1 heterocycles. The molecule has 1 aromatic carbocycles. The van der Waals surface area contributed by atoms with Crippen LogP contribution in [0.25, 0.3) is 0 Å². The van der Waals surface area contributed by atoms with Gasteiger partial charge in [0.05, 0.1) is 13.2 Å². The Labute approximate surface area is 124 Å². The predicted octanol–water partition coefficient (Wildman–Crippen LogP) is 2.47. The van der Waals surface area contributed by atoms with Gasteiger partial charge in [0, 0.05) is 11.3 Å². The number of hydrogen-bond acceptors (Lipinski definition) is 4. The van der Waals surface area contributed by atoms with E-state index in [-0.39, 0.29) is 11.9 Å². The zero-order valence-corrected chi connectivity index (χ0v) is 12.4. The Morgan fingerprint density at radius 2 is 1.95 bits per heavy atom. The lowest BCUT2D eigenvalue weighted by Gasteiger charge is -2.15. The second-order valence-corrected chi connectivity index (χ2v) is 4.89. The highest BCUT2D eigenvalue weighted by Crippen LogP contribution is 2.18. The number of aromatic nitrogens is 1. The Balaban J connectivity index is 2.10. The van der Waals surface area contributed by atoms with Crippen LogP contribution in [-0.4, -0.2) is 18.0 Å². The molecule has 1 unspecified atom stereocenters. The van der Waals surface area contributed by atoms with Crippen LogP contribution in [0.5, 0.6) is 5.75 Å². The lowest BCUT2D eigenvalue weighted by Crippen LogP contribution is -2.26. The summed E-state index contributed by atoms with van der Waals surface area (Å²) in [6.07, 6.45) is 0. The standard InChI is InChI=1S/C16H19N3O2/c1-10-8-13(9-15(17)18-10)16(20)19-11(2)12-4-6-14(21-3)7-5-12/h4-9,11H,1-3H3,(H2,17,18)(H,19,20). The van der Waals surface area contributed by atoms with E-state index in [1.165, 1.54) is 0 Å². The summed E-state index contributed by atoms with van der Waals surface area (Å²) in [5, 5.41) is 2.94. The van der Waals surface area contributed by atoms with Gasteiger partial charge in [-0.3, -0.25) is 4.79 Å². The maximum Gasteiger partial charge on any atom is 0.251 e. The number of methoxy groups -OCH3 is 1. The number of nitrogens with two attached hydrogens (primary N) is 1. The van der Waals surface area contributed by atoms with Gasteiger partial charge < -0.3 is 15.8 Å². The summed E-state index contributed by atoms with van der Waals surface area (Å²) in [4.78, 5) is 16.3. The van der Waals surface area contributed by atoms with Gasteiger partial charge in [0.15, 0.2) is 0 Å². The summed E-state index contributed by atoms with van der Waals surface area (Å²) < 4.78 is 5.12. The number of carbonyl (C=O) groups is 1. The van der Waals surface area contributed by atoms with Crippen LogP contribution in [0.4, 0.5) is 5.82 Å². The molecule has 3 N–H and O–H groups in total. The maximum absolute atomic E-state index is 12.2. The van der Waals surface area contributed by atoms with Gasteiger partial charge in [-0.2, -0.15) is 0 Å². The molecule has 0 radical (unpaired) electrons. The van der Waals surface area contributed by atoms with E-state index in [0.717, 1.165) is 17.0 Å². The molecule has 5 heteroatoms. The molecule has 5 nitrogen and oxygen atoms in total. The molecule has 21 heavy (non-hydrogen) atoms. The maximum atomic E-state index is 12.2. The van der Waals surface area contributed by atoms with Crippen LogP contribution in [0, 0.1) is 6.92 Å². The zero-order valence-electron chi connectivity index (χ0n) is 12.4. The number of aryl methyl sites for hydroxylation is 1. The van der Waals surface area contributed by atoms with Gasteiger partial charge in [-0.15, -0.1) is 0 Å². The second kappa shape index (κ2) is 6.26. The van der Waals surface area contributed by atoms with Crippen molar-refractivity contribution >= 4 is 11.7 Å². The smallest absolute Gasteiger partial charge is 0.251 e. The number of nitrogens with zero attached hydrogens (tertiary/aromatic N) is 1. The number of rotatable bonds is 4. The van der Waals surface area contributed by atoms with Gasteiger partial charge in [-0.25, -0.2) is 4.98 Å². The fourth-order valence-electron chi connectivity index (χ4n) is 2.08. The van der Waals surface area contributed by atoms with Gasteiger partial charge in [0.2, 0.25) is 0 Å². The highest BCUT2D eigenvalue weighted by molar-refractivity contribution is 5.95. The van der Waals surface area contributed by atoms with Crippen molar-refractivity contribution in [1.82, 2.24) is 10.3 Å². The lowest BCUT2D eigenvalue weighted by molar-refractivity contribution is 0.0939. The highest BCUT2D eigenvalue weighted by Gasteiger charge is 2.12. The number of carbonyl (C=O) groups excluding carboxylic acids is 1. The fourth-order valence-corrected chi connectivity index (χ4v) is 2.08. The number of amides is 1. The summed E-state index contributed by atoms with van der Waals surface area (Å²) in [6.45, 7) is 3.73. The molecule has 0 aliphatic heterocycles. The average Bonchev–Trinajstić information content (AvgIpc) is 2.46. The molecule has 0 spiro atoms. The first-order valence-corrected chi connectivity index (χ1v) is 6.68. The van der Waals surface area contributed by atoms with Crippen LogP contribution in [0.1, 0.15) is 34.6 Å². The summed E-state index contributed by atoms with van der Waals surface area (Å²) in [5.41, 5.74) is 7.90. The molecular weight excluding hydrogens is 266 g/mol. The third kappa shape index (κ3) is 3.72. The second-order valence-electron chi connectivity index (χ2n) is 4.89. The van der Waals surface area contributed by atoms with E-state index in [1.807, 2.05) is 31.2 Å². The minimum absolute atomic E-state index is 0.113. The molecule has 2 rings (SSSR count). The molecule has 2 aromatic rings. The summed E-state index contributed by atoms with van der Waals surface area (Å²) in [5.74, 6) is 0.961. The topological polar surface area (TPSA) is 77.2 Å². The lowest BCUT2D eigenvalue weighted by atomic mass is 10.1. The molecule has 1 aromatic heterocycles. The first-order chi connectivity index (χ1) is 9.99. The van der Waals surface area contributed by atoms with E-state index in [9.17, 15) is 4.79 Å². The Hall–Kier alpha value is -2.56. The summed E-state index contributed by atoms with van der Waals surface area (Å²) in [6, 6.07) is 10.8. The normalized spacial score (nSPS) is 11.8. The average molecular weight is 285 g/mol. The first kappa shape index (κ1) is 14.8. The first-order valence-electron chi connectivity index (χ1n) is 6.68. The molecule has 1 amide bonds. The fraction of sp³-hybridized carbons (Fsp3) is 0.250. The molecule has 0 aliphatic rings. The van der Waals surface area contributed by atoms with Gasteiger partial charge in [-0.05, 0) is 43.7 Å². The number of benzene rings is 1. The van der Waals surface area contributed by atoms with E-state index in [2.05, 4.69) is 10.3 Å². The van der Waals surface area contributed by atoms with Crippen LogP contribution in [0.2, 0.25) is 0 Å². The SMILES string of the molecule is COc1ccc(C(C)NC(=O)c2cc(C)nc(N)c2)cc1. The molecule has 110 valence electrons. The quantitative estimate of drug-likeness (QED) is 0.904.